The van der Waals surface area contributed by atoms with E-state index in [4.69, 9.17) is 0 Å². The van der Waals surface area contributed by atoms with Crippen molar-refractivity contribution in [3.8, 4) is 0 Å². The Morgan fingerprint density at radius 1 is 1.10 bits per heavy atom. The van der Waals surface area contributed by atoms with Gasteiger partial charge in [-0.3, -0.25) is 0 Å². The van der Waals surface area contributed by atoms with Gasteiger partial charge < -0.3 is 9.90 Å². The molecular formula is C16H28N2O2. The van der Waals surface area contributed by atoms with Crippen LogP contribution in [0.2, 0.25) is 0 Å². The molecule has 20 heavy (non-hydrogen) atoms. The van der Waals surface area contributed by atoms with Gasteiger partial charge in [-0.1, -0.05) is 51.9 Å². The van der Waals surface area contributed by atoms with Crippen LogP contribution in [0.3, 0.4) is 0 Å². The van der Waals surface area contributed by atoms with Gasteiger partial charge in [-0.25, -0.2) is 9.13 Å². The van der Waals surface area contributed by atoms with E-state index in [9.17, 15) is 9.90 Å². The maximum atomic E-state index is 11.0. The molecule has 0 fully saturated rings. The van der Waals surface area contributed by atoms with Gasteiger partial charge in [0.15, 0.2) is 5.97 Å². The predicted octanol–water partition coefficient (Wildman–Crippen LogP) is 2.21. The topological polar surface area (TPSA) is 48.9 Å². The summed E-state index contributed by atoms with van der Waals surface area (Å²) < 4.78 is 3.37. The number of aryl methyl sites for hydroxylation is 2. The van der Waals surface area contributed by atoms with Crippen molar-refractivity contribution >= 4 is 5.97 Å². The van der Waals surface area contributed by atoms with E-state index in [1.807, 2.05) is 6.20 Å². The number of rotatable bonds is 11. The quantitative estimate of drug-likeness (QED) is 0.461. The number of carboxylic acid groups (broad SMARTS) is 1. The lowest BCUT2D eigenvalue weighted by Crippen LogP contribution is -2.41. The number of nitrogens with zero attached hydrogens (tertiary/aromatic N) is 2. The monoisotopic (exact) mass is 280 g/mol. The molecule has 1 rings (SSSR count). The third kappa shape index (κ3) is 5.76. The molecule has 0 unspecified atom stereocenters. The number of carbonyl (C=O) groups is 1. The molecule has 0 N–H and O–H groups in total. The van der Waals surface area contributed by atoms with Crippen LogP contribution in [0.15, 0.2) is 12.4 Å². The lowest BCUT2D eigenvalue weighted by molar-refractivity contribution is -0.675. The zero-order chi connectivity index (χ0) is 14.8. The van der Waals surface area contributed by atoms with Crippen molar-refractivity contribution in [3.05, 3.63) is 18.2 Å². The molecule has 0 bridgehead atoms. The molecule has 1 heterocycles. The van der Waals surface area contributed by atoms with E-state index in [0.717, 1.165) is 13.0 Å². The third-order valence-corrected chi connectivity index (χ3v) is 3.76. The number of unbranched alkanes of at least 4 members (excludes halogenated alkanes) is 8. The van der Waals surface area contributed by atoms with Crippen LogP contribution in [-0.4, -0.2) is 10.5 Å². The molecule has 4 heteroatoms. The van der Waals surface area contributed by atoms with Crippen molar-refractivity contribution in [1.29, 1.82) is 0 Å². The van der Waals surface area contributed by atoms with Crippen molar-refractivity contribution < 1.29 is 14.5 Å². The zero-order valence-electron chi connectivity index (χ0n) is 12.9. The summed E-state index contributed by atoms with van der Waals surface area (Å²) in [5.74, 6) is -0.849. The average molecular weight is 280 g/mol. The lowest BCUT2D eigenvalue weighted by Gasteiger charge is -2.04. The van der Waals surface area contributed by atoms with Crippen LogP contribution < -0.4 is 9.67 Å². The van der Waals surface area contributed by atoms with Gasteiger partial charge in [0, 0.05) is 0 Å². The van der Waals surface area contributed by atoms with Crippen molar-refractivity contribution in [1.82, 2.24) is 4.57 Å². The number of hydrogen-bond donors (Lipinski definition) is 0. The van der Waals surface area contributed by atoms with E-state index in [0.29, 0.717) is 0 Å². The molecule has 0 aliphatic heterocycles. The minimum absolute atomic E-state index is 0.254. The van der Waals surface area contributed by atoms with E-state index in [1.165, 1.54) is 51.4 Å². The smallest absolute Gasteiger partial charge is 0.304 e. The predicted molar refractivity (Wildman–Crippen MR) is 77.2 cm³/mol. The number of imidazole rings is 1. The van der Waals surface area contributed by atoms with Crippen LogP contribution >= 0.6 is 0 Å². The highest BCUT2D eigenvalue weighted by molar-refractivity contribution is 5.79. The van der Waals surface area contributed by atoms with E-state index in [1.54, 1.807) is 22.4 Å². The molecule has 1 aromatic rings. The first-order valence-electron chi connectivity index (χ1n) is 7.93. The molecule has 0 aliphatic carbocycles. The van der Waals surface area contributed by atoms with Gasteiger partial charge in [0.1, 0.15) is 12.4 Å². The summed E-state index contributed by atoms with van der Waals surface area (Å²) in [5, 5.41) is 11.0. The van der Waals surface area contributed by atoms with Crippen molar-refractivity contribution in [2.75, 3.05) is 0 Å². The second-order valence-electron chi connectivity index (χ2n) is 5.54. The summed E-state index contributed by atoms with van der Waals surface area (Å²) in [4.78, 5) is 11.0. The van der Waals surface area contributed by atoms with Crippen LogP contribution in [-0.2, 0) is 13.6 Å². The minimum atomic E-state index is -1.10. The molecule has 0 radical (unpaired) electrons. The van der Waals surface area contributed by atoms with Crippen molar-refractivity contribution in [2.24, 2.45) is 7.05 Å². The Bertz CT molecular complexity index is 399. The number of carbonyl (C=O) groups excluding carboxylic acids is 1. The first kappa shape index (κ1) is 16.7. The standard InChI is InChI=1S/C16H28N2O2/c1-3-4-5-6-7-8-9-10-11-12-18-14-13-17(2)15(18)16(19)20/h13-14H,3-12H2,1-2H3. The Hall–Kier alpha value is -1.32. The molecule has 1 aromatic heterocycles. The van der Waals surface area contributed by atoms with Gasteiger partial charge in [0.2, 0.25) is 0 Å². The summed E-state index contributed by atoms with van der Waals surface area (Å²) in [6.07, 6.45) is 15.0. The second-order valence-corrected chi connectivity index (χ2v) is 5.54. The Kier molecular flexibility index (Phi) is 8.00. The normalized spacial score (nSPS) is 10.9. The van der Waals surface area contributed by atoms with Gasteiger partial charge in [0.05, 0.1) is 13.6 Å². The highest BCUT2D eigenvalue weighted by Gasteiger charge is 2.14. The third-order valence-electron chi connectivity index (χ3n) is 3.76. The summed E-state index contributed by atoms with van der Waals surface area (Å²) in [6.45, 7) is 3.00. The SMILES string of the molecule is CCCCCCCCCCCn1cc[n+](C)c1C(=O)[O-]. The molecular weight excluding hydrogens is 252 g/mol. The summed E-state index contributed by atoms with van der Waals surface area (Å²) in [6, 6.07) is 0. The van der Waals surface area contributed by atoms with Gasteiger partial charge >= 0.3 is 5.82 Å². The first-order chi connectivity index (χ1) is 9.66. The van der Waals surface area contributed by atoms with Crippen LogP contribution in [0.1, 0.15) is 75.3 Å². The van der Waals surface area contributed by atoms with E-state index >= 15 is 0 Å². The molecule has 114 valence electrons. The van der Waals surface area contributed by atoms with Crippen LogP contribution in [0.5, 0.6) is 0 Å². The molecule has 0 amide bonds. The highest BCUT2D eigenvalue weighted by Crippen LogP contribution is 2.10. The van der Waals surface area contributed by atoms with E-state index < -0.39 is 5.97 Å². The molecule has 0 atom stereocenters. The summed E-state index contributed by atoms with van der Waals surface area (Å²) >= 11 is 0. The lowest BCUT2D eigenvalue weighted by atomic mass is 10.1. The van der Waals surface area contributed by atoms with Gasteiger partial charge in [-0.2, -0.15) is 0 Å². The molecule has 4 nitrogen and oxygen atoms in total. The Balaban J connectivity index is 2.11. The van der Waals surface area contributed by atoms with Crippen LogP contribution in [0, 0.1) is 0 Å². The average Bonchev–Trinajstić information content (AvgIpc) is 2.78. The zero-order valence-corrected chi connectivity index (χ0v) is 12.9. The Labute approximate surface area is 122 Å². The number of carboxylic acids is 1. The largest absolute Gasteiger partial charge is 0.538 e. The van der Waals surface area contributed by atoms with E-state index in [2.05, 4.69) is 6.92 Å². The number of aromatic nitrogens is 2. The Morgan fingerprint density at radius 3 is 2.20 bits per heavy atom. The number of aromatic carboxylic acids is 1. The fourth-order valence-electron chi connectivity index (χ4n) is 2.56. The van der Waals surface area contributed by atoms with Crippen molar-refractivity contribution in [3.63, 3.8) is 0 Å². The number of hydrogen-bond acceptors (Lipinski definition) is 2. The van der Waals surface area contributed by atoms with Gasteiger partial charge in [-0.05, 0) is 12.8 Å². The highest BCUT2D eigenvalue weighted by atomic mass is 16.4. The fourth-order valence-corrected chi connectivity index (χ4v) is 2.56. The molecule has 0 saturated carbocycles. The summed E-state index contributed by atoms with van der Waals surface area (Å²) in [5.41, 5.74) is 0. The Morgan fingerprint density at radius 2 is 1.65 bits per heavy atom. The maximum Gasteiger partial charge on any atom is 0.304 e. The van der Waals surface area contributed by atoms with Crippen molar-refractivity contribution in [2.45, 2.75) is 71.3 Å². The first-order valence-corrected chi connectivity index (χ1v) is 7.93. The minimum Gasteiger partial charge on any atom is -0.538 e. The maximum absolute atomic E-state index is 11.0. The van der Waals surface area contributed by atoms with Crippen LogP contribution in [0.25, 0.3) is 0 Å². The molecule has 0 saturated heterocycles. The molecule has 0 spiro atoms. The van der Waals surface area contributed by atoms with Gasteiger partial charge in [0.25, 0.3) is 0 Å². The fraction of sp³-hybridized carbons (Fsp3) is 0.750. The summed E-state index contributed by atoms with van der Waals surface area (Å²) in [7, 11) is 1.73. The van der Waals surface area contributed by atoms with Crippen LogP contribution in [0.4, 0.5) is 0 Å². The molecule has 0 aromatic carbocycles. The van der Waals surface area contributed by atoms with Gasteiger partial charge in [-0.15, -0.1) is 0 Å². The van der Waals surface area contributed by atoms with E-state index in [-0.39, 0.29) is 5.82 Å². The molecule has 0 aliphatic rings. The second kappa shape index (κ2) is 9.56.